The molecule has 3 rings (SSSR count). The number of benzene rings is 1. The van der Waals surface area contributed by atoms with Crippen molar-refractivity contribution in [3.05, 3.63) is 59.4 Å². The number of hydrogen-bond donors (Lipinski definition) is 1. The molecule has 0 fully saturated rings. The number of nitrogens with zero attached hydrogens (tertiary/aromatic N) is 3. The number of nitrogens with one attached hydrogen (secondary N) is 1. The summed E-state index contributed by atoms with van der Waals surface area (Å²) in [7, 11) is 0. The zero-order valence-electron chi connectivity index (χ0n) is 16.7. The Kier molecular flexibility index (Phi) is 6.31. The molecule has 0 aliphatic carbocycles. The first-order valence-electron chi connectivity index (χ1n) is 9.09. The van der Waals surface area contributed by atoms with Gasteiger partial charge in [-0.25, -0.2) is 19.7 Å². The first-order chi connectivity index (χ1) is 14.2. The number of anilines is 1. The summed E-state index contributed by atoms with van der Waals surface area (Å²) in [5.74, 6) is -0.773. The predicted molar refractivity (Wildman–Crippen MR) is 112 cm³/mol. The minimum absolute atomic E-state index is 0.0930. The van der Waals surface area contributed by atoms with Gasteiger partial charge in [-0.1, -0.05) is 20.8 Å². The highest BCUT2D eigenvalue weighted by atomic mass is 32.1. The number of ether oxygens (including phenoxy) is 1. The van der Waals surface area contributed by atoms with Gasteiger partial charge in [-0.05, 0) is 30.3 Å². The lowest BCUT2D eigenvalue weighted by Gasteiger charge is -2.17. The van der Waals surface area contributed by atoms with Crippen molar-refractivity contribution in [2.75, 3.05) is 11.9 Å². The van der Waals surface area contributed by atoms with Crippen molar-refractivity contribution in [1.82, 2.24) is 15.0 Å². The van der Waals surface area contributed by atoms with Crippen LogP contribution in [0.3, 0.4) is 0 Å². The number of carbonyl (C=O) groups is 3. The van der Waals surface area contributed by atoms with Crippen molar-refractivity contribution in [2.24, 2.45) is 5.41 Å². The Hall–Kier alpha value is -3.46. The van der Waals surface area contributed by atoms with Crippen LogP contribution in [0.2, 0.25) is 0 Å². The molecule has 0 atom stereocenters. The Labute approximate surface area is 177 Å². The van der Waals surface area contributed by atoms with Crippen molar-refractivity contribution in [3.63, 3.8) is 0 Å². The van der Waals surface area contributed by atoms with Crippen LogP contribution in [0.1, 0.15) is 41.6 Å². The molecular formula is C21H20N4O4S. The number of rotatable bonds is 6. The van der Waals surface area contributed by atoms with Gasteiger partial charge in [0.2, 0.25) is 5.91 Å². The third-order valence-electron chi connectivity index (χ3n) is 3.95. The zero-order chi connectivity index (χ0) is 21.7. The lowest BCUT2D eigenvalue weighted by molar-refractivity contribution is -0.123. The molecule has 0 aliphatic heterocycles. The molecule has 30 heavy (non-hydrogen) atoms. The van der Waals surface area contributed by atoms with E-state index in [1.807, 2.05) is 20.8 Å². The molecule has 0 unspecified atom stereocenters. The van der Waals surface area contributed by atoms with Crippen LogP contribution in [-0.2, 0) is 9.53 Å². The van der Waals surface area contributed by atoms with Crippen molar-refractivity contribution < 1.29 is 19.1 Å². The van der Waals surface area contributed by atoms with Crippen LogP contribution < -0.4 is 5.32 Å². The highest BCUT2D eigenvalue weighted by Crippen LogP contribution is 2.20. The summed E-state index contributed by atoms with van der Waals surface area (Å²) < 4.78 is 5.08. The van der Waals surface area contributed by atoms with Crippen molar-refractivity contribution in [2.45, 2.75) is 20.8 Å². The summed E-state index contributed by atoms with van der Waals surface area (Å²) >= 11 is 1.21. The van der Waals surface area contributed by atoms with Crippen molar-refractivity contribution in [1.29, 1.82) is 0 Å². The SMILES string of the molecule is CC(C)(C)C(=O)Nc1ccc(C(=O)COC(=O)c2csc(-c3ncccn3)n2)cc1. The Morgan fingerprint density at radius 1 is 1.07 bits per heavy atom. The molecule has 0 radical (unpaired) electrons. The summed E-state index contributed by atoms with van der Waals surface area (Å²) in [6.45, 7) is 5.02. The number of amides is 1. The fourth-order valence-electron chi connectivity index (χ4n) is 2.23. The second-order valence-corrected chi connectivity index (χ2v) is 8.25. The number of ketones is 1. The third-order valence-corrected chi connectivity index (χ3v) is 4.79. The molecule has 0 spiro atoms. The first kappa shape index (κ1) is 21.3. The van der Waals surface area contributed by atoms with Crippen LogP contribution in [0.4, 0.5) is 5.69 Å². The van der Waals surface area contributed by atoms with E-state index in [1.165, 1.54) is 16.7 Å². The van der Waals surface area contributed by atoms with E-state index < -0.39 is 18.0 Å². The molecule has 0 saturated carbocycles. The average Bonchev–Trinajstić information content (AvgIpc) is 3.22. The lowest BCUT2D eigenvalue weighted by Crippen LogP contribution is -2.27. The maximum Gasteiger partial charge on any atom is 0.358 e. The van der Waals surface area contributed by atoms with E-state index >= 15 is 0 Å². The highest BCUT2D eigenvalue weighted by molar-refractivity contribution is 7.13. The maximum atomic E-state index is 12.3. The smallest absolute Gasteiger partial charge is 0.358 e. The molecule has 0 bridgehead atoms. The molecule has 1 N–H and O–H groups in total. The van der Waals surface area contributed by atoms with Gasteiger partial charge in [-0.3, -0.25) is 9.59 Å². The van der Waals surface area contributed by atoms with E-state index in [2.05, 4.69) is 20.3 Å². The third kappa shape index (κ3) is 5.32. The fraction of sp³-hybridized carbons (Fsp3) is 0.238. The van der Waals surface area contributed by atoms with Gasteiger partial charge in [0.1, 0.15) is 0 Å². The predicted octanol–water partition coefficient (Wildman–Crippen LogP) is 3.62. The van der Waals surface area contributed by atoms with Crippen LogP contribution in [-0.4, -0.2) is 39.2 Å². The standard InChI is InChI=1S/C21H20N4O4S/c1-21(2,3)20(28)24-14-7-5-13(6-8-14)16(26)11-29-19(27)15-12-30-18(25-15)17-22-9-4-10-23-17/h4-10,12H,11H2,1-3H3,(H,24,28). The number of Topliss-reactive ketones (excluding diaryl/α,β-unsaturated/α-hetero) is 1. The van der Waals surface area contributed by atoms with Gasteiger partial charge >= 0.3 is 5.97 Å². The van der Waals surface area contributed by atoms with Gasteiger partial charge < -0.3 is 10.1 Å². The summed E-state index contributed by atoms with van der Waals surface area (Å²) in [6, 6.07) is 8.09. The Balaban J connectivity index is 1.56. The molecule has 8 nitrogen and oxygen atoms in total. The van der Waals surface area contributed by atoms with Gasteiger partial charge in [0.15, 0.2) is 28.9 Å². The van der Waals surface area contributed by atoms with E-state index in [1.54, 1.807) is 42.7 Å². The minimum Gasteiger partial charge on any atom is -0.453 e. The molecule has 154 valence electrons. The summed E-state index contributed by atoms with van der Waals surface area (Å²) in [5.41, 5.74) is 0.524. The summed E-state index contributed by atoms with van der Waals surface area (Å²) in [4.78, 5) is 48.8. The van der Waals surface area contributed by atoms with E-state index in [-0.39, 0.29) is 17.4 Å². The number of thiazole rings is 1. The van der Waals surface area contributed by atoms with E-state index in [0.717, 1.165) is 0 Å². The van der Waals surface area contributed by atoms with Crippen LogP contribution >= 0.6 is 11.3 Å². The Morgan fingerprint density at radius 3 is 2.37 bits per heavy atom. The molecule has 0 aliphatic rings. The van der Waals surface area contributed by atoms with Crippen molar-refractivity contribution >= 4 is 34.7 Å². The van der Waals surface area contributed by atoms with Gasteiger partial charge in [0, 0.05) is 34.4 Å². The molecular weight excluding hydrogens is 404 g/mol. The van der Waals surface area contributed by atoms with Crippen LogP contribution in [0.15, 0.2) is 48.1 Å². The monoisotopic (exact) mass is 424 g/mol. The van der Waals surface area contributed by atoms with Gasteiger partial charge in [-0.2, -0.15) is 0 Å². The van der Waals surface area contributed by atoms with E-state index in [0.29, 0.717) is 22.1 Å². The largest absolute Gasteiger partial charge is 0.453 e. The Morgan fingerprint density at radius 2 is 1.73 bits per heavy atom. The fourth-order valence-corrected chi connectivity index (χ4v) is 2.96. The van der Waals surface area contributed by atoms with Gasteiger partial charge in [0.25, 0.3) is 0 Å². The molecule has 0 saturated heterocycles. The number of hydrogen-bond acceptors (Lipinski definition) is 8. The normalized spacial score (nSPS) is 11.0. The average molecular weight is 424 g/mol. The second-order valence-electron chi connectivity index (χ2n) is 7.39. The van der Waals surface area contributed by atoms with Gasteiger partial charge in [-0.15, -0.1) is 11.3 Å². The van der Waals surface area contributed by atoms with Crippen molar-refractivity contribution in [3.8, 4) is 10.8 Å². The quantitative estimate of drug-likeness (QED) is 0.475. The minimum atomic E-state index is -0.698. The zero-order valence-corrected chi connectivity index (χ0v) is 17.5. The number of carbonyl (C=O) groups excluding carboxylic acids is 3. The van der Waals surface area contributed by atoms with E-state index in [9.17, 15) is 14.4 Å². The molecule has 1 amide bonds. The molecule has 2 aromatic heterocycles. The van der Waals surface area contributed by atoms with Crippen LogP contribution in [0.25, 0.3) is 10.8 Å². The number of esters is 1. The highest BCUT2D eigenvalue weighted by Gasteiger charge is 2.21. The topological polar surface area (TPSA) is 111 Å². The number of aromatic nitrogens is 3. The van der Waals surface area contributed by atoms with Crippen LogP contribution in [0.5, 0.6) is 0 Å². The van der Waals surface area contributed by atoms with Gasteiger partial charge in [0.05, 0.1) is 0 Å². The molecule has 9 heteroatoms. The summed E-state index contributed by atoms with van der Waals surface area (Å²) in [6.07, 6.45) is 3.17. The maximum absolute atomic E-state index is 12.3. The lowest BCUT2D eigenvalue weighted by atomic mass is 9.95. The van der Waals surface area contributed by atoms with Crippen LogP contribution in [0, 0.1) is 5.41 Å². The molecule has 3 aromatic rings. The van der Waals surface area contributed by atoms with E-state index in [4.69, 9.17) is 4.74 Å². The Bertz CT molecular complexity index is 1060. The molecule has 1 aromatic carbocycles. The second kappa shape index (κ2) is 8.91. The molecule has 2 heterocycles. The first-order valence-corrected chi connectivity index (χ1v) is 9.97. The summed E-state index contributed by atoms with van der Waals surface area (Å²) in [5, 5.41) is 4.80.